The standard InChI is InChI=1S/C18H25N5O/c1-3-22-12-13-23(14-16(22)18-20-10-11-21(18)2)17(24)5-4-15-6-8-19-9-7-15/h6-11,16H,3-5,12-14H2,1-2H3/t16-/m0/s1. The molecule has 2 aromatic rings. The lowest BCUT2D eigenvalue weighted by atomic mass is 10.1. The molecule has 1 atom stereocenters. The van der Waals surface area contributed by atoms with E-state index in [4.69, 9.17) is 0 Å². The fraction of sp³-hybridized carbons (Fsp3) is 0.500. The first-order valence-electron chi connectivity index (χ1n) is 8.57. The van der Waals surface area contributed by atoms with Crippen molar-refractivity contribution in [2.24, 2.45) is 7.05 Å². The average molecular weight is 327 g/mol. The predicted molar refractivity (Wildman–Crippen MR) is 92.3 cm³/mol. The number of carbonyl (C=O) groups is 1. The van der Waals surface area contributed by atoms with E-state index in [9.17, 15) is 4.79 Å². The van der Waals surface area contributed by atoms with E-state index in [2.05, 4.69) is 26.4 Å². The van der Waals surface area contributed by atoms with Crippen molar-refractivity contribution >= 4 is 5.91 Å². The average Bonchev–Trinajstić information content (AvgIpc) is 3.05. The number of rotatable bonds is 5. The van der Waals surface area contributed by atoms with E-state index in [1.807, 2.05) is 36.5 Å². The van der Waals surface area contributed by atoms with Gasteiger partial charge in [0.2, 0.25) is 5.91 Å². The first-order chi connectivity index (χ1) is 11.7. The van der Waals surface area contributed by atoms with Gasteiger partial charge in [-0.2, -0.15) is 0 Å². The van der Waals surface area contributed by atoms with Crippen LogP contribution in [0.4, 0.5) is 0 Å². The summed E-state index contributed by atoms with van der Waals surface area (Å²) >= 11 is 0. The van der Waals surface area contributed by atoms with Gasteiger partial charge in [-0.1, -0.05) is 6.92 Å². The van der Waals surface area contributed by atoms with Crippen molar-refractivity contribution in [1.29, 1.82) is 0 Å². The van der Waals surface area contributed by atoms with Crippen LogP contribution in [0.3, 0.4) is 0 Å². The van der Waals surface area contributed by atoms with Gasteiger partial charge in [-0.25, -0.2) is 4.98 Å². The lowest BCUT2D eigenvalue weighted by Crippen LogP contribution is -2.51. The zero-order chi connectivity index (χ0) is 16.9. The highest BCUT2D eigenvalue weighted by Crippen LogP contribution is 2.24. The number of amides is 1. The van der Waals surface area contributed by atoms with Crippen molar-refractivity contribution in [1.82, 2.24) is 24.3 Å². The van der Waals surface area contributed by atoms with Crippen molar-refractivity contribution in [3.63, 3.8) is 0 Å². The minimum absolute atomic E-state index is 0.175. The largest absolute Gasteiger partial charge is 0.339 e. The molecule has 0 spiro atoms. The van der Waals surface area contributed by atoms with Gasteiger partial charge in [-0.3, -0.25) is 14.7 Å². The summed E-state index contributed by atoms with van der Waals surface area (Å²) in [6.45, 7) is 5.54. The third-order valence-corrected chi connectivity index (χ3v) is 4.78. The summed E-state index contributed by atoms with van der Waals surface area (Å²) in [5, 5.41) is 0. The molecule has 1 aliphatic rings. The van der Waals surface area contributed by atoms with Gasteiger partial charge in [0, 0.05) is 57.9 Å². The second kappa shape index (κ2) is 7.57. The molecule has 0 aliphatic carbocycles. The van der Waals surface area contributed by atoms with Crippen LogP contribution in [0.1, 0.15) is 30.8 Å². The van der Waals surface area contributed by atoms with E-state index in [-0.39, 0.29) is 11.9 Å². The summed E-state index contributed by atoms with van der Waals surface area (Å²) < 4.78 is 2.05. The second-order valence-corrected chi connectivity index (χ2v) is 6.24. The highest BCUT2D eigenvalue weighted by Gasteiger charge is 2.31. The van der Waals surface area contributed by atoms with Gasteiger partial charge < -0.3 is 9.47 Å². The molecule has 0 unspecified atom stereocenters. The molecule has 6 heteroatoms. The summed E-state index contributed by atoms with van der Waals surface area (Å²) in [5.74, 6) is 1.25. The molecule has 0 radical (unpaired) electrons. The summed E-state index contributed by atoms with van der Waals surface area (Å²) in [7, 11) is 2.01. The fourth-order valence-electron chi connectivity index (χ4n) is 3.33. The molecule has 3 heterocycles. The van der Waals surface area contributed by atoms with E-state index in [1.54, 1.807) is 12.4 Å². The Balaban J connectivity index is 1.64. The van der Waals surface area contributed by atoms with E-state index in [0.29, 0.717) is 13.0 Å². The molecule has 24 heavy (non-hydrogen) atoms. The smallest absolute Gasteiger partial charge is 0.223 e. The molecular formula is C18H25N5O. The lowest BCUT2D eigenvalue weighted by molar-refractivity contribution is -0.134. The number of hydrogen-bond donors (Lipinski definition) is 0. The molecule has 128 valence electrons. The molecule has 1 fully saturated rings. The molecule has 0 bridgehead atoms. The molecule has 1 aliphatic heterocycles. The maximum atomic E-state index is 12.6. The lowest BCUT2D eigenvalue weighted by Gasteiger charge is -2.40. The van der Waals surface area contributed by atoms with Crippen molar-refractivity contribution < 1.29 is 4.79 Å². The number of pyridine rings is 1. The molecule has 0 N–H and O–H groups in total. The molecule has 0 saturated carbocycles. The third-order valence-electron chi connectivity index (χ3n) is 4.78. The number of imidazole rings is 1. The Bertz CT molecular complexity index is 669. The highest BCUT2D eigenvalue weighted by atomic mass is 16.2. The molecular weight excluding hydrogens is 302 g/mol. The zero-order valence-corrected chi connectivity index (χ0v) is 14.4. The Kier molecular flexibility index (Phi) is 5.25. The van der Waals surface area contributed by atoms with Crippen molar-refractivity contribution in [3.05, 3.63) is 48.3 Å². The SMILES string of the molecule is CCN1CCN(C(=O)CCc2ccncc2)C[C@H]1c1nccn1C. The van der Waals surface area contributed by atoms with Crippen LogP contribution in [0.15, 0.2) is 36.9 Å². The number of nitrogens with zero attached hydrogens (tertiary/aromatic N) is 5. The quantitative estimate of drug-likeness (QED) is 0.838. The van der Waals surface area contributed by atoms with Crippen LogP contribution in [0.5, 0.6) is 0 Å². The minimum Gasteiger partial charge on any atom is -0.339 e. The van der Waals surface area contributed by atoms with Gasteiger partial charge in [-0.15, -0.1) is 0 Å². The van der Waals surface area contributed by atoms with Crippen molar-refractivity contribution in [2.75, 3.05) is 26.2 Å². The number of aryl methyl sites for hydroxylation is 2. The minimum atomic E-state index is 0.175. The molecule has 6 nitrogen and oxygen atoms in total. The Morgan fingerprint density at radius 1 is 1.25 bits per heavy atom. The first-order valence-corrected chi connectivity index (χ1v) is 8.57. The fourth-order valence-corrected chi connectivity index (χ4v) is 3.33. The monoisotopic (exact) mass is 327 g/mol. The Morgan fingerprint density at radius 3 is 2.71 bits per heavy atom. The Hall–Kier alpha value is -2.21. The predicted octanol–water partition coefficient (Wildman–Crippen LogP) is 1.65. The molecule has 1 saturated heterocycles. The normalized spacial score (nSPS) is 18.8. The molecule has 1 amide bonds. The third kappa shape index (κ3) is 3.64. The topological polar surface area (TPSA) is 54.3 Å². The summed E-state index contributed by atoms with van der Waals surface area (Å²) in [4.78, 5) is 25.5. The Morgan fingerprint density at radius 2 is 2.04 bits per heavy atom. The second-order valence-electron chi connectivity index (χ2n) is 6.24. The van der Waals surface area contributed by atoms with E-state index < -0.39 is 0 Å². The van der Waals surface area contributed by atoms with Gasteiger partial charge in [-0.05, 0) is 30.7 Å². The van der Waals surface area contributed by atoms with Gasteiger partial charge in [0.05, 0.1) is 6.04 Å². The van der Waals surface area contributed by atoms with E-state index in [1.165, 1.54) is 0 Å². The number of piperazine rings is 1. The Labute approximate surface area is 143 Å². The van der Waals surface area contributed by atoms with Crippen LogP contribution < -0.4 is 0 Å². The van der Waals surface area contributed by atoms with E-state index in [0.717, 1.165) is 37.4 Å². The van der Waals surface area contributed by atoms with Crippen LogP contribution in [-0.2, 0) is 18.3 Å². The van der Waals surface area contributed by atoms with Crippen LogP contribution in [0.2, 0.25) is 0 Å². The number of carbonyl (C=O) groups excluding carboxylic acids is 1. The van der Waals surface area contributed by atoms with Crippen LogP contribution in [0.25, 0.3) is 0 Å². The zero-order valence-electron chi connectivity index (χ0n) is 14.4. The first kappa shape index (κ1) is 16.6. The van der Waals surface area contributed by atoms with Crippen molar-refractivity contribution in [3.8, 4) is 0 Å². The molecule has 3 rings (SSSR count). The maximum absolute atomic E-state index is 12.6. The van der Waals surface area contributed by atoms with Crippen LogP contribution >= 0.6 is 0 Å². The van der Waals surface area contributed by atoms with Gasteiger partial charge >= 0.3 is 0 Å². The van der Waals surface area contributed by atoms with Gasteiger partial charge in [0.1, 0.15) is 5.82 Å². The summed E-state index contributed by atoms with van der Waals surface area (Å²) in [6.07, 6.45) is 8.65. The van der Waals surface area contributed by atoms with Gasteiger partial charge in [0.25, 0.3) is 0 Å². The summed E-state index contributed by atoms with van der Waals surface area (Å²) in [6, 6.07) is 4.12. The maximum Gasteiger partial charge on any atom is 0.223 e. The molecule has 2 aromatic heterocycles. The number of aromatic nitrogens is 3. The van der Waals surface area contributed by atoms with Gasteiger partial charge in [0.15, 0.2) is 0 Å². The van der Waals surface area contributed by atoms with Crippen LogP contribution in [-0.4, -0.2) is 56.4 Å². The molecule has 0 aromatic carbocycles. The highest BCUT2D eigenvalue weighted by molar-refractivity contribution is 5.76. The number of hydrogen-bond acceptors (Lipinski definition) is 4. The van der Waals surface area contributed by atoms with E-state index >= 15 is 0 Å². The number of likely N-dealkylation sites (N-methyl/N-ethyl adjacent to an activating group) is 1. The van der Waals surface area contributed by atoms with Crippen molar-refractivity contribution in [2.45, 2.75) is 25.8 Å². The summed E-state index contributed by atoms with van der Waals surface area (Å²) in [5.41, 5.74) is 1.16. The van der Waals surface area contributed by atoms with Crippen LogP contribution in [0, 0.1) is 0 Å².